The van der Waals surface area contributed by atoms with Gasteiger partial charge in [-0.2, -0.15) is 10.2 Å². The molecule has 2 N–H and O–H groups in total. The molecule has 0 fully saturated rings. The molecule has 6 heteroatoms. The number of aromatic amines is 1. The van der Waals surface area contributed by atoms with Gasteiger partial charge >= 0.3 is 0 Å². The maximum Gasteiger partial charge on any atom is 0.137 e. The molecule has 1 aliphatic carbocycles. The topological polar surface area (TPSA) is 71.4 Å². The van der Waals surface area contributed by atoms with Gasteiger partial charge in [0.25, 0.3) is 0 Å². The van der Waals surface area contributed by atoms with Crippen molar-refractivity contribution in [2.24, 2.45) is 0 Å². The van der Waals surface area contributed by atoms with Crippen molar-refractivity contribution < 1.29 is 0 Å². The predicted molar refractivity (Wildman–Crippen MR) is 76.2 cm³/mol. The van der Waals surface area contributed by atoms with Crippen LogP contribution in [0.15, 0.2) is 12.7 Å². The van der Waals surface area contributed by atoms with Crippen LogP contribution in [0.25, 0.3) is 0 Å². The van der Waals surface area contributed by atoms with Crippen molar-refractivity contribution in [3.8, 4) is 0 Å². The maximum atomic E-state index is 4.49. The Labute approximate surface area is 119 Å². The summed E-state index contributed by atoms with van der Waals surface area (Å²) in [7, 11) is 0. The van der Waals surface area contributed by atoms with Crippen LogP contribution < -0.4 is 5.32 Å². The Morgan fingerprint density at radius 1 is 1.35 bits per heavy atom. The lowest BCUT2D eigenvalue weighted by atomic mass is 10.1. The molecule has 0 radical (unpaired) electrons. The van der Waals surface area contributed by atoms with E-state index in [1.54, 1.807) is 12.7 Å². The van der Waals surface area contributed by atoms with Crippen molar-refractivity contribution in [3.63, 3.8) is 0 Å². The first-order valence-electron chi connectivity index (χ1n) is 7.43. The molecule has 2 aromatic rings. The molecule has 3 rings (SSSR count). The number of nitrogens with one attached hydrogen (secondary N) is 2. The Balaban J connectivity index is 1.57. The van der Waals surface area contributed by atoms with Gasteiger partial charge in [-0.1, -0.05) is 6.42 Å². The fourth-order valence-corrected chi connectivity index (χ4v) is 2.82. The van der Waals surface area contributed by atoms with Crippen molar-refractivity contribution in [3.05, 3.63) is 29.6 Å². The number of aromatic nitrogens is 5. The summed E-state index contributed by atoms with van der Waals surface area (Å²) < 4.78 is 1.85. The summed E-state index contributed by atoms with van der Waals surface area (Å²) in [5.74, 6) is 0. The van der Waals surface area contributed by atoms with E-state index in [-0.39, 0.29) is 0 Å². The van der Waals surface area contributed by atoms with Crippen LogP contribution in [0.3, 0.4) is 0 Å². The van der Waals surface area contributed by atoms with Crippen LogP contribution in [-0.2, 0) is 25.9 Å². The molecule has 6 nitrogen and oxygen atoms in total. The van der Waals surface area contributed by atoms with Crippen molar-refractivity contribution >= 4 is 0 Å². The zero-order valence-corrected chi connectivity index (χ0v) is 12.0. The second kappa shape index (κ2) is 6.17. The van der Waals surface area contributed by atoms with Crippen LogP contribution in [0.2, 0.25) is 0 Å². The maximum absolute atomic E-state index is 4.49. The molecule has 20 heavy (non-hydrogen) atoms. The first kappa shape index (κ1) is 13.3. The third kappa shape index (κ3) is 3.07. The van der Waals surface area contributed by atoms with Gasteiger partial charge in [-0.05, 0) is 38.2 Å². The molecule has 2 aromatic heterocycles. The molecule has 0 saturated heterocycles. The normalized spacial score (nSPS) is 16.6. The number of fused-ring (bicyclic) bond motifs is 1. The lowest BCUT2D eigenvalue weighted by Crippen LogP contribution is -2.30. The molecule has 0 amide bonds. The van der Waals surface area contributed by atoms with Gasteiger partial charge in [-0.15, -0.1) is 0 Å². The van der Waals surface area contributed by atoms with Crippen LogP contribution in [0.4, 0.5) is 0 Å². The van der Waals surface area contributed by atoms with E-state index in [2.05, 4.69) is 32.5 Å². The lowest BCUT2D eigenvalue weighted by Gasteiger charge is -2.13. The standard InChI is InChI=1S/C14H22N6/c1-11(8-20-10-15-9-17-20)16-7-14-12-5-3-2-4-6-13(12)18-19-14/h9-11,16H,2-8H2,1H3,(H,18,19)/t11-/m0/s1. The fraction of sp³-hybridized carbons (Fsp3) is 0.643. The van der Waals surface area contributed by atoms with Crippen molar-refractivity contribution in [1.29, 1.82) is 0 Å². The van der Waals surface area contributed by atoms with Crippen LogP contribution in [-0.4, -0.2) is 31.0 Å². The molecule has 0 aliphatic heterocycles. The summed E-state index contributed by atoms with van der Waals surface area (Å²) in [5, 5.41) is 15.4. The fourth-order valence-electron chi connectivity index (χ4n) is 2.82. The average molecular weight is 274 g/mol. The molecule has 0 spiro atoms. The molecule has 2 heterocycles. The molecular formula is C14H22N6. The Morgan fingerprint density at radius 2 is 2.25 bits per heavy atom. The van der Waals surface area contributed by atoms with Crippen molar-refractivity contribution in [1.82, 2.24) is 30.3 Å². The minimum Gasteiger partial charge on any atom is -0.307 e. The Hall–Kier alpha value is -1.69. The van der Waals surface area contributed by atoms with E-state index in [0.717, 1.165) is 19.5 Å². The second-order valence-electron chi connectivity index (χ2n) is 5.59. The van der Waals surface area contributed by atoms with E-state index >= 15 is 0 Å². The third-order valence-corrected chi connectivity index (χ3v) is 3.94. The Kier molecular flexibility index (Phi) is 4.11. The summed E-state index contributed by atoms with van der Waals surface area (Å²) >= 11 is 0. The van der Waals surface area contributed by atoms with Gasteiger partial charge in [0.1, 0.15) is 12.7 Å². The number of hydrogen-bond acceptors (Lipinski definition) is 4. The zero-order valence-electron chi connectivity index (χ0n) is 12.0. The molecule has 1 aliphatic rings. The quantitative estimate of drug-likeness (QED) is 0.810. The highest BCUT2D eigenvalue weighted by molar-refractivity contribution is 5.26. The van der Waals surface area contributed by atoms with E-state index in [0.29, 0.717) is 6.04 Å². The van der Waals surface area contributed by atoms with E-state index in [9.17, 15) is 0 Å². The average Bonchev–Trinajstić information content (AvgIpc) is 3.02. The first-order valence-corrected chi connectivity index (χ1v) is 7.43. The summed E-state index contributed by atoms with van der Waals surface area (Å²) in [6, 6.07) is 0.342. The van der Waals surface area contributed by atoms with Crippen molar-refractivity contribution in [2.75, 3.05) is 0 Å². The number of aryl methyl sites for hydroxylation is 1. The number of rotatable bonds is 5. The highest BCUT2D eigenvalue weighted by Crippen LogP contribution is 2.21. The van der Waals surface area contributed by atoms with Crippen molar-refractivity contribution in [2.45, 2.75) is 58.2 Å². The molecule has 108 valence electrons. The minimum atomic E-state index is 0.342. The first-order chi connectivity index (χ1) is 9.83. The molecule has 0 aromatic carbocycles. The van der Waals surface area contributed by atoms with Gasteiger partial charge in [-0.3, -0.25) is 9.78 Å². The molecular weight excluding hydrogens is 252 g/mol. The van der Waals surface area contributed by atoms with Crippen LogP contribution in [0, 0.1) is 0 Å². The lowest BCUT2D eigenvalue weighted by molar-refractivity contribution is 0.447. The largest absolute Gasteiger partial charge is 0.307 e. The highest BCUT2D eigenvalue weighted by Gasteiger charge is 2.15. The number of nitrogens with zero attached hydrogens (tertiary/aromatic N) is 4. The van der Waals surface area contributed by atoms with Gasteiger partial charge in [0.05, 0.1) is 12.2 Å². The summed E-state index contributed by atoms with van der Waals surface area (Å²) in [6.07, 6.45) is 9.53. The van der Waals surface area contributed by atoms with Crippen LogP contribution in [0.5, 0.6) is 0 Å². The van der Waals surface area contributed by atoms with E-state index in [1.807, 2.05) is 4.68 Å². The van der Waals surface area contributed by atoms with Gasteiger partial charge in [0.15, 0.2) is 0 Å². The summed E-state index contributed by atoms with van der Waals surface area (Å²) in [6.45, 7) is 3.81. The third-order valence-electron chi connectivity index (χ3n) is 3.94. The van der Waals surface area contributed by atoms with E-state index in [4.69, 9.17) is 0 Å². The molecule has 0 saturated carbocycles. The number of H-pyrrole nitrogens is 1. The summed E-state index contributed by atoms with van der Waals surface area (Å²) in [4.78, 5) is 3.96. The monoisotopic (exact) mass is 274 g/mol. The SMILES string of the molecule is C[C@@H](Cn1cncn1)NCc1n[nH]c2c1CCCCC2. The smallest absolute Gasteiger partial charge is 0.137 e. The van der Waals surface area contributed by atoms with Gasteiger partial charge in [-0.25, -0.2) is 4.98 Å². The highest BCUT2D eigenvalue weighted by atomic mass is 15.3. The van der Waals surface area contributed by atoms with Gasteiger partial charge < -0.3 is 5.32 Å². The molecule has 0 bridgehead atoms. The number of hydrogen-bond donors (Lipinski definition) is 2. The Morgan fingerprint density at radius 3 is 3.10 bits per heavy atom. The predicted octanol–water partition coefficient (Wildman–Crippen LogP) is 1.45. The minimum absolute atomic E-state index is 0.342. The van der Waals surface area contributed by atoms with Gasteiger partial charge in [0, 0.05) is 18.3 Å². The van der Waals surface area contributed by atoms with E-state index in [1.165, 1.54) is 42.6 Å². The van der Waals surface area contributed by atoms with Crippen LogP contribution in [0.1, 0.15) is 43.1 Å². The molecule has 1 atom stereocenters. The Bertz CT molecular complexity index is 530. The van der Waals surface area contributed by atoms with Crippen LogP contribution >= 0.6 is 0 Å². The second-order valence-corrected chi connectivity index (χ2v) is 5.59. The van der Waals surface area contributed by atoms with E-state index < -0.39 is 0 Å². The van der Waals surface area contributed by atoms with Gasteiger partial charge in [0.2, 0.25) is 0 Å². The summed E-state index contributed by atoms with van der Waals surface area (Å²) in [5.41, 5.74) is 3.98. The molecule has 0 unspecified atom stereocenters. The zero-order chi connectivity index (χ0) is 13.8.